The molecule has 2 rings (SSSR count). The summed E-state index contributed by atoms with van der Waals surface area (Å²) in [6, 6.07) is 11.3. The number of nitrogens with one attached hydrogen (secondary N) is 2. The van der Waals surface area contributed by atoms with Crippen molar-refractivity contribution in [2.75, 3.05) is 5.32 Å². The monoisotopic (exact) mass is 389 g/mol. The first-order chi connectivity index (χ1) is 12.6. The average Bonchev–Trinajstić information content (AvgIpc) is 2.59. The van der Waals surface area contributed by atoms with Gasteiger partial charge in [-0.3, -0.25) is 9.59 Å². The lowest BCUT2D eigenvalue weighted by Gasteiger charge is -2.11. The summed E-state index contributed by atoms with van der Waals surface area (Å²) in [6.07, 6.45) is 0. The number of hydrogen-bond donors (Lipinski definition) is 3. The van der Waals surface area contributed by atoms with E-state index < -0.39 is 15.9 Å². The fraction of sp³-hybridized carbons (Fsp3) is 0.263. The van der Waals surface area contributed by atoms with Crippen LogP contribution in [-0.2, 0) is 21.4 Å². The van der Waals surface area contributed by atoms with Crippen molar-refractivity contribution >= 4 is 27.5 Å². The summed E-state index contributed by atoms with van der Waals surface area (Å²) in [6.45, 7) is 5.54. The molecule has 0 bridgehead atoms. The van der Waals surface area contributed by atoms with E-state index in [1.54, 1.807) is 39.0 Å². The van der Waals surface area contributed by atoms with Gasteiger partial charge in [0.1, 0.15) is 0 Å². The van der Waals surface area contributed by atoms with Crippen molar-refractivity contribution in [3.63, 3.8) is 0 Å². The summed E-state index contributed by atoms with van der Waals surface area (Å²) in [5.74, 6) is -0.635. The van der Waals surface area contributed by atoms with Crippen LogP contribution in [0, 0.1) is 12.8 Å². The number of benzene rings is 2. The number of aryl methyl sites for hydroxylation is 1. The predicted molar refractivity (Wildman–Crippen MR) is 104 cm³/mol. The molecule has 0 atom stereocenters. The highest BCUT2D eigenvalue weighted by Crippen LogP contribution is 2.16. The second-order valence-electron chi connectivity index (χ2n) is 6.55. The van der Waals surface area contributed by atoms with E-state index in [0.717, 1.165) is 5.56 Å². The zero-order chi connectivity index (χ0) is 20.2. The largest absolute Gasteiger partial charge is 0.348 e. The van der Waals surface area contributed by atoms with Crippen molar-refractivity contribution in [1.29, 1.82) is 0 Å². The molecule has 144 valence electrons. The van der Waals surface area contributed by atoms with Crippen molar-refractivity contribution in [3.05, 3.63) is 59.2 Å². The molecule has 0 aromatic heterocycles. The summed E-state index contributed by atoms with van der Waals surface area (Å²) in [5.41, 5.74) is 2.32. The number of amides is 2. The quantitative estimate of drug-likeness (QED) is 0.701. The van der Waals surface area contributed by atoms with Gasteiger partial charge < -0.3 is 10.6 Å². The fourth-order valence-electron chi connectivity index (χ4n) is 2.35. The molecule has 0 spiro atoms. The molecule has 0 radical (unpaired) electrons. The van der Waals surface area contributed by atoms with Gasteiger partial charge in [-0.05, 0) is 42.3 Å². The summed E-state index contributed by atoms with van der Waals surface area (Å²) < 4.78 is 23.0. The van der Waals surface area contributed by atoms with Gasteiger partial charge in [0.05, 0.1) is 4.90 Å². The van der Waals surface area contributed by atoms with E-state index in [-0.39, 0.29) is 28.8 Å². The average molecular weight is 389 g/mol. The summed E-state index contributed by atoms with van der Waals surface area (Å²) in [7, 11) is -3.89. The number of rotatable bonds is 6. The highest BCUT2D eigenvalue weighted by Gasteiger charge is 2.15. The minimum atomic E-state index is -3.89. The Morgan fingerprint density at radius 3 is 2.44 bits per heavy atom. The van der Waals surface area contributed by atoms with E-state index in [2.05, 4.69) is 10.6 Å². The molecular weight excluding hydrogens is 366 g/mol. The Hall–Kier alpha value is -2.71. The Labute approximate surface area is 159 Å². The van der Waals surface area contributed by atoms with E-state index in [4.69, 9.17) is 5.14 Å². The maximum absolute atomic E-state index is 12.5. The molecule has 0 heterocycles. The number of carbonyl (C=O) groups is 2. The molecule has 2 aromatic rings. The number of nitrogens with two attached hydrogens (primary N) is 1. The minimum Gasteiger partial charge on any atom is -0.348 e. The van der Waals surface area contributed by atoms with Crippen LogP contribution in [0.5, 0.6) is 0 Å². The van der Waals surface area contributed by atoms with Gasteiger partial charge in [-0.2, -0.15) is 0 Å². The molecule has 0 aliphatic heterocycles. The van der Waals surface area contributed by atoms with Crippen LogP contribution in [0.1, 0.15) is 35.3 Å². The standard InChI is InChI=1S/C19H23N3O4S/c1-12(2)18(23)22-15-6-4-5-14(9-15)11-21-19(24)17-10-16(27(20,25)26)8-7-13(17)3/h4-10,12H,11H2,1-3H3,(H,21,24)(H,22,23)(H2,20,25,26). The van der Waals surface area contributed by atoms with Crippen molar-refractivity contribution in [1.82, 2.24) is 5.32 Å². The number of primary sulfonamides is 1. The van der Waals surface area contributed by atoms with Crippen LogP contribution in [-0.4, -0.2) is 20.2 Å². The first kappa shape index (κ1) is 20.6. The molecule has 7 nitrogen and oxygen atoms in total. The van der Waals surface area contributed by atoms with Gasteiger partial charge in [0.25, 0.3) is 5.91 Å². The van der Waals surface area contributed by atoms with Gasteiger partial charge in [0.2, 0.25) is 15.9 Å². The molecule has 0 aliphatic carbocycles. The topological polar surface area (TPSA) is 118 Å². The third-order valence-electron chi connectivity index (χ3n) is 3.95. The second kappa shape index (κ2) is 8.32. The van der Waals surface area contributed by atoms with Gasteiger partial charge in [0.15, 0.2) is 0 Å². The van der Waals surface area contributed by atoms with Crippen LogP contribution in [0.3, 0.4) is 0 Å². The van der Waals surface area contributed by atoms with Crippen LogP contribution >= 0.6 is 0 Å². The Morgan fingerprint density at radius 1 is 1.11 bits per heavy atom. The number of carbonyl (C=O) groups excluding carboxylic acids is 2. The van der Waals surface area contributed by atoms with Crippen LogP contribution in [0.25, 0.3) is 0 Å². The molecule has 0 fully saturated rings. The van der Waals surface area contributed by atoms with Gasteiger partial charge in [-0.1, -0.05) is 32.0 Å². The molecule has 0 unspecified atom stereocenters. The highest BCUT2D eigenvalue weighted by atomic mass is 32.2. The van der Waals surface area contributed by atoms with E-state index in [9.17, 15) is 18.0 Å². The molecule has 8 heteroatoms. The van der Waals surface area contributed by atoms with Gasteiger partial charge in [-0.25, -0.2) is 13.6 Å². The second-order valence-corrected chi connectivity index (χ2v) is 8.11. The van der Waals surface area contributed by atoms with Crippen molar-refractivity contribution < 1.29 is 18.0 Å². The summed E-state index contributed by atoms with van der Waals surface area (Å²) >= 11 is 0. The summed E-state index contributed by atoms with van der Waals surface area (Å²) in [4.78, 5) is 24.1. The molecule has 27 heavy (non-hydrogen) atoms. The Bertz CT molecular complexity index is 969. The minimum absolute atomic E-state index is 0.0911. The molecule has 0 saturated carbocycles. The fourth-order valence-corrected chi connectivity index (χ4v) is 2.89. The van der Waals surface area contributed by atoms with E-state index >= 15 is 0 Å². The Kier molecular flexibility index (Phi) is 6.35. The molecule has 0 saturated heterocycles. The lowest BCUT2D eigenvalue weighted by atomic mass is 10.1. The third kappa shape index (κ3) is 5.63. The van der Waals surface area contributed by atoms with Gasteiger partial charge >= 0.3 is 0 Å². The Balaban J connectivity index is 2.11. The van der Waals surface area contributed by atoms with E-state index in [0.29, 0.717) is 11.3 Å². The van der Waals surface area contributed by atoms with Crippen LogP contribution in [0.15, 0.2) is 47.4 Å². The van der Waals surface area contributed by atoms with Crippen LogP contribution in [0.4, 0.5) is 5.69 Å². The zero-order valence-electron chi connectivity index (χ0n) is 15.4. The maximum atomic E-state index is 12.5. The number of anilines is 1. The van der Waals surface area contributed by atoms with Gasteiger partial charge in [-0.15, -0.1) is 0 Å². The number of sulfonamides is 1. The normalized spacial score (nSPS) is 11.3. The Morgan fingerprint density at radius 2 is 1.81 bits per heavy atom. The molecular formula is C19H23N3O4S. The highest BCUT2D eigenvalue weighted by molar-refractivity contribution is 7.89. The van der Waals surface area contributed by atoms with Crippen molar-refractivity contribution in [3.8, 4) is 0 Å². The molecule has 2 amide bonds. The zero-order valence-corrected chi connectivity index (χ0v) is 16.3. The maximum Gasteiger partial charge on any atom is 0.251 e. The molecule has 2 aromatic carbocycles. The first-order valence-electron chi connectivity index (χ1n) is 8.39. The smallest absolute Gasteiger partial charge is 0.251 e. The summed E-state index contributed by atoms with van der Waals surface area (Å²) in [5, 5.41) is 10.7. The predicted octanol–water partition coefficient (Wildman–Crippen LogP) is 2.17. The van der Waals surface area contributed by atoms with E-state index in [1.807, 2.05) is 6.07 Å². The third-order valence-corrected chi connectivity index (χ3v) is 4.87. The SMILES string of the molecule is Cc1ccc(S(N)(=O)=O)cc1C(=O)NCc1cccc(NC(=O)C(C)C)c1. The van der Waals surface area contributed by atoms with Crippen LogP contribution in [0.2, 0.25) is 0 Å². The van der Waals surface area contributed by atoms with Crippen molar-refractivity contribution in [2.45, 2.75) is 32.2 Å². The number of hydrogen-bond acceptors (Lipinski definition) is 4. The lowest BCUT2D eigenvalue weighted by Crippen LogP contribution is -2.24. The van der Waals surface area contributed by atoms with E-state index in [1.165, 1.54) is 18.2 Å². The van der Waals surface area contributed by atoms with Crippen molar-refractivity contribution in [2.24, 2.45) is 11.1 Å². The van der Waals surface area contributed by atoms with Crippen LogP contribution < -0.4 is 15.8 Å². The molecule has 4 N–H and O–H groups in total. The van der Waals surface area contributed by atoms with Gasteiger partial charge in [0, 0.05) is 23.7 Å². The molecule has 0 aliphatic rings. The first-order valence-corrected chi connectivity index (χ1v) is 9.94. The lowest BCUT2D eigenvalue weighted by molar-refractivity contribution is -0.118.